The molecule has 0 amide bonds. The molecule has 168 valence electrons. The SMILES string of the molecule is COc1ccc2ccnc(CCC3(O)CCC(NCc4ccc5c(c4)OCO5)CC3)c2c1. The van der Waals surface area contributed by atoms with E-state index in [2.05, 4.69) is 22.4 Å². The molecule has 1 aliphatic carbocycles. The number of fused-ring (bicyclic) bond motifs is 2. The molecule has 6 heteroatoms. The highest BCUT2D eigenvalue weighted by atomic mass is 16.7. The molecule has 0 atom stereocenters. The Morgan fingerprint density at radius 3 is 2.78 bits per heavy atom. The lowest BCUT2D eigenvalue weighted by Gasteiger charge is -2.36. The molecule has 1 fully saturated rings. The maximum atomic E-state index is 11.2. The van der Waals surface area contributed by atoms with Gasteiger partial charge >= 0.3 is 0 Å². The van der Waals surface area contributed by atoms with Gasteiger partial charge in [-0.3, -0.25) is 4.98 Å². The molecule has 5 rings (SSSR count). The molecule has 1 aromatic heterocycles. The van der Waals surface area contributed by atoms with Crippen LogP contribution in [0, 0.1) is 0 Å². The Labute approximate surface area is 188 Å². The molecule has 2 aromatic carbocycles. The largest absolute Gasteiger partial charge is 0.497 e. The lowest BCUT2D eigenvalue weighted by atomic mass is 9.79. The molecular weight excluding hydrogens is 404 g/mol. The number of rotatable bonds is 7. The van der Waals surface area contributed by atoms with Crippen molar-refractivity contribution in [3.8, 4) is 17.2 Å². The molecule has 2 aliphatic rings. The van der Waals surface area contributed by atoms with Crippen LogP contribution in [0.15, 0.2) is 48.7 Å². The zero-order valence-electron chi connectivity index (χ0n) is 18.5. The number of methoxy groups -OCH3 is 1. The molecule has 0 spiro atoms. The number of hydrogen-bond donors (Lipinski definition) is 2. The van der Waals surface area contributed by atoms with E-state index in [0.29, 0.717) is 12.8 Å². The molecule has 0 bridgehead atoms. The van der Waals surface area contributed by atoms with Gasteiger partial charge in [-0.15, -0.1) is 0 Å². The van der Waals surface area contributed by atoms with Crippen LogP contribution in [-0.2, 0) is 13.0 Å². The zero-order valence-corrected chi connectivity index (χ0v) is 18.5. The first-order chi connectivity index (χ1) is 15.6. The standard InChI is InChI=1S/C26H30N2O4/c1-30-21-4-3-19-9-13-27-23(22(19)15-21)8-12-26(29)10-6-20(7-11-26)28-16-18-2-5-24-25(14-18)32-17-31-24/h2-5,9,13-15,20,28-29H,6-8,10-12,16-17H2,1H3. The third kappa shape index (κ3) is 4.52. The predicted octanol–water partition coefficient (Wildman–Crippen LogP) is 4.37. The average molecular weight is 435 g/mol. The number of aryl methyl sites for hydroxylation is 1. The van der Waals surface area contributed by atoms with Crippen molar-refractivity contribution in [3.05, 3.63) is 59.9 Å². The Morgan fingerprint density at radius 1 is 1.09 bits per heavy atom. The molecule has 3 aromatic rings. The van der Waals surface area contributed by atoms with Gasteiger partial charge in [0, 0.05) is 29.9 Å². The van der Waals surface area contributed by atoms with Gasteiger partial charge in [0.2, 0.25) is 6.79 Å². The Bertz CT molecular complexity index is 1090. The van der Waals surface area contributed by atoms with Crippen LogP contribution in [0.4, 0.5) is 0 Å². The molecule has 0 radical (unpaired) electrons. The minimum absolute atomic E-state index is 0.301. The van der Waals surface area contributed by atoms with Crippen molar-refractivity contribution in [1.29, 1.82) is 0 Å². The highest BCUT2D eigenvalue weighted by Crippen LogP contribution is 2.35. The molecule has 0 saturated heterocycles. The van der Waals surface area contributed by atoms with E-state index in [1.807, 2.05) is 36.5 Å². The van der Waals surface area contributed by atoms with Gasteiger partial charge < -0.3 is 24.6 Å². The van der Waals surface area contributed by atoms with E-state index in [1.54, 1.807) is 7.11 Å². The number of aromatic nitrogens is 1. The number of pyridine rings is 1. The van der Waals surface area contributed by atoms with E-state index in [-0.39, 0.29) is 0 Å². The van der Waals surface area contributed by atoms with Crippen molar-refractivity contribution in [3.63, 3.8) is 0 Å². The average Bonchev–Trinajstić information content (AvgIpc) is 3.30. The summed E-state index contributed by atoms with van der Waals surface area (Å²) in [6.07, 6.45) is 6.89. The van der Waals surface area contributed by atoms with Crippen LogP contribution in [0.5, 0.6) is 17.2 Å². The molecule has 2 N–H and O–H groups in total. The summed E-state index contributed by atoms with van der Waals surface area (Å²) in [6, 6.07) is 14.6. The normalized spacial score (nSPS) is 22.2. The minimum atomic E-state index is -0.625. The van der Waals surface area contributed by atoms with Crippen LogP contribution in [0.3, 0.4) is 0 Å². The molecule has 1 aliphatic heterocycles. The number of ether oxygens (including phenoxy) is 3. The fourth-order valence-electron chi connectivity index (χ4n) is 4.81. The molecule has 32 heavy (non-hydrogen) atoms. The number of nitrogens with zero attached hydrogens (tertiary/aromatic N) is 1. The van der Waals surface area contributed by atoms with Crippen LogP contribution in [0.2, 0.25) is 0 Å². The number of nitrogens with one attached hydrogen (secondary N) is 1. The lowest BCUT2D eigenvalue weighted by molar-refractivity contribution is -0.0109. The summed E-state index contributed by atoms with van der Waals surface area (Å²) in [5, 5.41) is 17.1. The molecule has 6 nitrogen and oxygen atoms in total. The number of hydrogen-bond acceptors (Lipinski definition) is 6. The first-order valence-electron chi connectivity index (χ1n) is 11.4. The van der Waals surface area contributed by atoms with E-state index in [1.165, 1.54) is 5.56 Å². The van der Waals surface area contributed by atoms with Crippen molar-refractivity contribution >= 4 is 10.8 Å². The highest BCUT2D eigenvalue weighted by molar-refractivity contribution is 5.85. The van der Waals surface area contributed by atoms with Gasteiger partial charge in [-0.2, -0.15) is 0 Å². The molecular formula is C26H30N2O4. The van der Waals surface area contributed by atoms with Crippen molar-refractivity contribution in [2.45, 2.75) is 56.7 Å². The Hall–Kier alpha value is -2.83. The highest BCUT2D eigenvalue weighted by Gasteiger charge is 2.33. The van der Waals surface area contributed by atoms with Crippen molar-refractivity contribution < 1.29 is 19.3 Å². The second kappa shape index (κ2) is 8.96. The first kappa shape index (κ1) is 21.0. The van der Waals surface area contributed by atoms with Crippen LogP contribution in [0.1, 0.15) is 43.4 Å². The summed E-state index contributed by atoms with van der Waals surface area (Å²) < 4.78 is 16.2. The second-order valence-corrected chi connectivity index (χ2v) is 8.91. The lowest BCUT2D eigenvalue weighted by Crippen LogP contribution is -2.41. The summed E-state index contributed by atoms with van der Waals surface area (Å²) in [5.41, 5.74) is 1.59. The number of benzene rings is 2. The van der Waals surface area contributed by atoms with Gasteiger partial charge in [0.05, 0.1) is 12.7 Å². The third-order valence-corrected chi connectivity index (χ3v) is 6.83. The summed E-state index contributed by atoms with van der Waals surface area (Å²) >= 11 is 0. The Morgan fingerprint density at radius 2 is 1.94 bits per heavy atom. The van der Waals surface area contributed by atoms with Gasteiger partial charge in [-0.05, 0) is 79.8 Å². The first-order valence-corrected chi connectivity index (χ1v) is 11.4. The van der Waals surface area contributed by atoms with Crippen LogP contribution >= 0.6 is 0 Å². The van der Waals surface area contributed by atoms with E-state index in [4.69, 9.17) is 14.2 Å². The quantitative estimate of drug-likeness (QED) is 0.575. The van der Waals surface area contributed by atoms with Crippen molar-refractivity contribution in [2.24, 2.45) is 0 Å². The zero-order chi connectivity index (χ0) is 22.0. The van der Waals surface area contributed by atoms with Crippen LogP contribution in [-0.4, -0.2) is 35.6 Å². The summed E-state index contributed by atoms with van der Waals surface area (Å²) in [6.45, 7) is 1.09. The Balaban J connectivity index is 1.15. The minimum Gasteiger partial charge on any atom is -0.497 e. The van der Waals surface area contributed by atoms with Crippen molar-refractivity contribution in [1.82, 2.24) is 10.3 Å². The fraction of sp³-hybridized carbons (Fsp3) is 0.423. The van der Waals surface area contributed by atoms with E-state index in [9.17, 15) is 5.11 Å². The Kier molecular flexibility index (Phi) is 5.89. The summed E-state index contributed by atoms with van der Waals surface area (Å²) in [7, 11) is 1.68. The molecule has 1 saturated carbocycles. The van der Waals surface area contributed by atoms with Gasteiger partial charge in [0.1, 0.15) is 5.75 Å². The predicted molar refractivity (Wildman–Crippen MR) is 123 cm³/mol. The van der Waals surface area contributed by atoms with Gasteiger partial charge in [0.25, 0.3) is 0 Å². The number of aliphatic hydroxyl groups is 1. The summed E-state index contributed by atoms with van der Waals surface area (Å²) in [5.74, 6) is 2.47. The van der Waals surface area contributed by atoms with E-state index >= 15 is 0 Å². The van der Waals surface area contributed by atoms with Crippen LogP contribution < -0.4 is 19.5 Å². The van der Waals surface area contributed by atoms with E-state index in [0.717, 1.165) is 78.8 Å². The molecule has 0 unspecified atom stereocenters. The van der Waals surface area contributed by atoms with Gasteiger partial charge in [0.15, 0.2) is 11.5 Å². The summed E-state index contributed by atoms with van der Waals surface area (Å²) in [4.78, 5) is 4.60. The fourth-order valence-corrected chi connectivity index (χ4v) is 4.81. The van der Waals surface area contributed by atoms with Crippen molar-refractivity contribution in [2.75, 3.05) is 13.9 Å². The maximum Gasteiger partial charge on any atom is 0.231 e. The smallest absolute Gasteiger partial charge is 0.231 e. The molecule has 2 heterocycles. The van der Waals surface area contributed by atoms with Gasteiger partial charge in [-0.1, -0.05) is 12.1 Å². The second-order valence-electron chi connectivity index (χ2n) is 8.91. The monoisotopic (exact) mass is 434 g/mol. The maximum absolute atomic E-state index is 11.2. The van der Waals surface area contributed by atoms with Gasteiger partial charge in [-0.25, -0.2) is 0 Å². The van der Waals surface area contributed by atoms with E-state index < -0.39 is 5.60 Å². The third-order valence-electron chi connectivity index (χ3n) is 6.83. The van der Waals surface area contributed by atoms with Crippen LogP contribution in [0.25, 0.3) is 10.8 Å². The topological polar surface area (TPSA) is 72.8 Å².